The minimum Gasteiger partial charge on any atom is -0.223 e. The quantitative estimate of drug-likeness (QED) is 0.497. The van der Waals surface area contributed by atoms with Crippen LogP contribution in [0.25, 0.3) is 0 Å². The van der Waals surface area contributed by atoms with Crippen molar-refractivity contribution in [1.29, 1.82) is 0 Å². The second kappa shape index (κ2) is 4.52. The molecule has 0 spiro atoms. The van der Waals surface area contributed by atoms with E-state index in [4.69, 9.17) is 11.6 Å². The van der Waals surface area contributed by atoms with Gasteiger partial charge in [0.15, 0.2) is 0 Å². The molecule has 0 unspecified atom stereocenters. The van der Waals surface area contributed by atoms with E-state index in [1.807, 2.05) is 6.92 Å². The lowest BCUT2D eigenvalue weighted by Crippen LogP contribution is -1.92. The van der Waals surface area contributed by atoms with Gasteiger partial charge in [-0.3, -0.25) is 0 Å². The summed E-state index contributed by atoms with van der Waals surface area (Å²) in [6.45, 7) is 1.85. The van der Waals surface area contributed by atoms with E-state index >= 15 is 0 Å². The molecule has 1 aromatic heterocycles. The lowest BCUT2D eigenvalue weighted by Gasteiger charge is -1.98. The van der Waals surface area contributed by atoms with Crippen LogP contribution in [-0.4, -0.2) is 4.98 Å². The maximum Gasteiger partial charge on any atom is 0.213 e. The molecule has 0 bridgehead atoms. The molecule has 1 rings (SSSR count). The molecular formula is C7H8Cl2FN. The third kappa shape index (κ3) is 2.64. The number of halogens is 3. The van der Waals surface area contributed by atoms with Crippen molar-refractivity contribution >= 4 is 24.0 Å². The summed E-state index contributed by atoms with van der Waals surface area (Å²) in [4.78, 5) is 3.59. The Morgan fingerprint density at radius 3 is 2.64 bits per heavy atom. The third-order valence-electron chi connectivity index (χ3n) is 1.29. The topological polar surface area (TPSA) is 12.9 Å². The van der Waals surface area contributed by atoms with Gasteiger partial charge in [-0.25, -0.2) is 4.98 Å². The number of aryl methyl sites for hydroxylation is 1. The fourth-order valence-corrected chi connectivity index (χ4v) is 0.950. The Balaban J connectivity index is 0.000001000. The maximum absolute atomic E-state index is 12.4. The highest BCUT2D eigenvalue weighted by Crippen LogP contribution is 2.07. The number of alkyl halides is 1. The molecule has 0 amide bonds. The van der Waals surface area contributed by atoms with E-state index in [1.165, 1.54) is 6.07 Å². The first-order valence-electron chi connectivity index (χ1n) is 2.92. The summed E-state index contributed by atoms with van der Waals surface area (Å²) < 4.78 is 12.4. The van der Waals surface area contributed by atoms with Gasteiger partial charge in [0.1, 0.15) is 0 Å². The van der Waals surface area contributed by atoms with Gasteiger partial charge >= 0.3 is 0 Å². The van der Waals surface area contributed by atoms with Crippen LogP contribution in [0.15, 0.2) is 12.1 Å². The zero-order valence-electron chi connectivity index (χ0n) is 5.97. The minimum absolute atomic E-state index is 0. The predicted molar refractivity (Wildman–Crippen MR) is 45.7 cm³/mol. The Labute approximate surface area is 76.0 Å². The molecule has 62 valence electrons. The summed E-state index contributed by atoms with van der Waals surface area (Å²) in [6.07, 6.45) is 0. The third-order valence-corrected chi connectivity index (χ3v) is 1.55. The molecule has 0 saturated heterocycles. The van der Waals surface area contributed by atoms with Crippen LogP contribution >= 0.6 is 24.0 Å². The smallest absolute Gasteiger partial charge is 0.213 e. The van der Waals surface area contributed by atoms with Crippen molar-refractivity contribution in [1.82, 2.24) is 4.98 Å². The lowest BCUT2D eigenvalue weighted by atomic mass is 10.2. The van der Waals surface area contributed by atoms with E-state index in [2.05, 4.69) is 4.98 Å². The zero-order chi connectivity index (χ0) is 7.56. The first-order valence-corrected chi connectivity index (χ1v) is 3.45. The summed E-state index contributed by atoms with van der Waals surface area (Å²) in [6, 6.07) is 2.99. The van der Waals surface area contributed by atoms with Gasteiger partial charge in [0.25, 0.3) is 0 Å². The van der Waals surface area contributed by atoms with Crippen LogP contribution in [0, 0.1) is 12.9 Å². The number of hydrogen-bond donors (Lipinski definition) is 0. The largest absolute Gasteiger partial charge is 0.223 e. The highest BCUT2D eigenvalue weighted by atomic mass is 35.5. The molecule has 0 atom stereocenters. The van der Waals surface area contributed by atoms with Crippen molar-refractivity contribution in [2.45, 2.75) is 12.8 Å². The molecule has 0 aliphatic carbocycles. The van der Waals surface area contributed by atoms with Crippen molar-refractivity contribution in [2.24, 2.45) is 0 Å². The van der Waals surface area contributed by atoms with E-state index in [0.29, 0.717) is 5.69 Å². The van der Waals surface area contributed by atoms with E-state index < -0.39 is 5.95 Å². The second-order valence-electron chi connectivity index (χ2n) is 2.03. The van der Waals surface area contributed by atoms with Crippen LogP contribution in [0.4, 0.5) is 4.39 Å². The number of aromatic nitrogens is 1. The van der Waals surface area contributed by atoms with Crippen molar-refractivity contribution in [3.8, 4) is 0 Å². The SMILES string of the molecule is Cc1ccc(F)nc1CCl.Cl. The zero-order valence-corrected chi connectivity index (χ0v) is 7.55. The molecule has 0 saturated carbocycles. The van der Waals surface area contributed by atoms with Gasteiger partial charge in [-0.05, 0) is 18.6 Å². The van der Waals surface area contributed by atoms with Crippen molar-refractivity contribution in [3.05, 3.63) is 29.3 Å². The van der Waals surface area contributed by atoms with Crippen molar-refractivity contribution < 1.29 is 4.39 Å². The standard InChI is InChI=1S/C7H7ClFN.ClH/c1-5-2-3-7(9)10-6(5)4-8;/h2-3H,4H2,1H3;1H. The summed E-state index contributed by atoms with van der Waals surface area (Å²) in [7, 11) is 0. The summed E-state index contributed by atoms with van der Waals surface area (Å²) in [5.74, 6) is -0.204. The van der Waals surface area contributed by atoms with Gasteiger partial charge in [-0.1, -0.05) is 6.07 Å². The highest BCUT2D eigenvalue weighted by Gasteiger charge is 1.98. The molecule has 0 aliphatic heterocycles. The molecule has 0 aromatic carbocycles. The molecule has 1 heterocycles. The van der Waals surface area contributed by atoms with Gasteiger partial charge < -0.3 is 0 Å². The molecule has 0 radical (unpaired) electrons. The monoisotopic (exact) mass is 195 g/mol. The van der Waals surface area contributed by atoms with Crippen LogP contribution in [0.2, 0.25) is 0 Å². The fraction of sp³-hybridized carbons (Fsp3) is 0.286. The molecule has 1 aromatic rings. The van der Waals surface area contributed by atoms with Crippen LogP contribution in [0.5, 0.6) is 0 Å². The van der Waals surface area contributed by atoms with Crippen molar-refractivity contribution in [3.63, 3.8) is 0 Å². The van der Waals surface area contributed by atoms with Gasteiger partial charge in [-0.15, -0.1) is 24.0 Å². The van der Waals surface area contributed by atoms with E-state index in [1.54, 1.807) is 6.07 Å². The van der Waals surface area contributed by atoms with Crippen LogP contribution in [0.1, 0.15) is 11.3 Å². The lowest BCUT2D eigenvalue weighted by molar-refractivity contribution is 0.578. The molecule has 0 aliphatic rings. The summed E-state index contributed by atoms with van der Waals surface area (Å²) >= 11 is 5.48. The molecule has 11 heavy (non-hydrogen) atoms. The Bertz CT molecular complexity index is 240. The molecule has 0 fully saturated rings. The molecule has 1 nitrogen and oxygen atoms in total. The average molecular weight is 196 g/mol. The highest BCUT2D eigenvalue weighted by molar-refractivity contribution is 6.16. The van der Waals surface area contributed by atoms with Crippen LogP contribution < -0.4 is 0 Å². The predicted octanol–water partition coefficient (Wildman–Crippen LogP) is 2.69. The van der Waals surface area contributed by atoms with Crippen molar-refractivity contribution in [2.75, 3.05) is 0 Å². The average Bonchev–Trinajstić information content (AvgIpc) is 1.94. The molecule has 0 N–H and O–H groups in total. The Morgan fingerprint density at radius 1 is 1.55 bits per heavy atom. The summed E-state index contributed by atoms with van der Waals surface area (Å²) in [5, 5.41) is 0. The van der Waals surface area contributed by atoms with Gasteiger partial charge in [-0.2, -0.15) is 4.39 Å². The van der Waals surface area contributed by atoms with E-state index in [0.717, 1.165) is 5.56 Å². The van der Waals surface area contributed by atoms with E-state index in [-0.39, 0.29) is 18.3 Å². The maximum atomic E-state index is 12.4. The van der Waals surface area contributed by atoms with E-state index in [9.17, 15) is 4.39 Å². The number of nitrogens with zero attached hydrogens (tertiary/aromatic N) is 1. The molecular weight excluding hydrogens is 188 g/mol. The van der Waals surface area contributed by atoms with Gasteiger partial charge in [0.2, 0.25) is 5.95 Å². The number of hydrogen-bond acceptors (Lipinski definition) is 1. The first-order chi connectivity index (χ1) is 4.74. The second-order valence-corrected chi connectivity index (χ2v) is 2.30. The molecule has 4 heteroatoms. The number of pyridine rings is 1. The minimum atomic E-state index is -0.471. The summed E-state index contributed by atoms with van der Waals surface area (Å²) in [5.41, 5.74) is 1.54. The van der Waals surface area contributed by atoms with Crippen LogP contribution in [0.3, 0.4) is 0 Å². The number of rotatable bonds is 1. The fourth-order valence-electron chi connectivity index (χ4n) is 0.680. The van der Waals surface area contributed by atoms with Gasteiger partial charge in [0, 0.05) is 0 Å². The first kappa shape index (κ1) is 10.7. The normalized spacial score (nSPS) is 9.00. The Kier molecular flexibility index (Phi) is 4.38. The Hall–Kier alpha value is -0.340. The van der Waals surface area contributed by atoms with Gasteiger partial charge in [0.05, 0.1) is 11.6 Å². The van der Waals surface area contributed by atoms with Crippen LogP contribution in [-0.2, 0) is 5.88 Å². The Morgan fingerprint density at radius 2 is 2.18 bits per heavy atom.